The summed E-state index contributed by atoms with van der Waals surface area (Å²) in [6, 6.07) is 4.42. The maximum Gasteiger partial charge on any atom is 0.265 e. The summed E-state index contributed by atoms with van der Waals surface area (Å²) in [7, 11) is 0. The lowest BCUT2D eigenvalue weighted by molar-refractivity contribution is 0.463. The minimum absolute atomic E-state index is 0.335. The van der Waals surface area contributed by atoms with E-state index in [1.54, 1.807) is 18.3 Å². The van der Waals surface area contributed by atoms with E-state index in [2.05, 4.69) is 31.2 Å². The van der Waals surface area contributed by atoms with E-state index in [1.807, 2.05) is 23.7 Å². The topological polar surface area (TPSA) is 51.5 Å². The number of nitrogens with one attached hydrogen (secondary N) is 1. The fraction of sp³-hybridized carbons (Fsp3) is 0.143. The molecule has 1 N–H and O–H groups in total. The van der Waals surface area contributed by atoms with Gasteiger partial charge in [-0.15, -0.1) is 0 Å². The molecule has 0 saturated carbocycles. The average Bonchev–Trinajstić information content (AvgIpc) is 2.92. The third-order valence-electron chi connectivity index (χ3n) is 2.81. The molecule has 2 heterocycles. The molecular formula is C14H12BrFN4O. The molecule has 0 unspecified atom stereocenters. The highest BCUT2D eigenvalue weighted by Gasteiger charge is 2.11. The Morgan fingerprint density at radius 2 is 2.29 bits per heavy atom. The van der Waals surface area contributed by atoms with Crippen LogP contribution in [0.25, 0.3) is 5.65 Å². The fourth-order valence-corrected chi connectivity index (χ4v) is 2.25. The normalized spacial score (nSPS) is 10.8. The molecule has 0 bridgehead atoms. The summed E-state index contributed by atoms with van der Waals surface area (Å²) in [5, 5.41) is 3.13. The summed E-state index contributed by atoms with van der Waals surface area (Å²) in [5.74, 6) is 1.17. The smallest absolute Gasteiger partial charge is 0.265 e. The molecule has 3 aromatic rings. The number of hydrogen-bond acceptors (Lipinski definition) is 4. The molecule has 0 spiro atoms. The number of fused-ring (bicyclic) bond motifs is 1. The largest absolute Gasteiger partial charge is 0.436 e. The fourth-order valence-electron chi connectivity index (χ4n) is 1.89. The zero-order chi connectivity index (χ0) is 14.8. The van der Waals surface area contributed by atoms with Gasteiger partial charge in [0.05, 0.1) is 10.7 Å². The Balaban J connectivity index is 2.01. The van der Waals surface area contributed by atoms with Crippen molar-refractivity contribution in [2.24, 2.45) is 0 Å². The van der Waals surface area contributed by atoms with E-state index in [-0.39, 0.29) is 5.82 Å². The van der Waals surface area contributed by atoms with Crippen LogP contribution in [0, 0.1) is 5.82 Å². The molecule has 0 aliphatic heterocycles. The van der Waals surface area contributed by atoms with Gasteiger partial charge in [-0.1, -0.05) is 0 Å². The van der Waals surface area contributed by atoms with E-state index in [9.17, 15) is 4.39 Å². The van der Waals surface area contributed by atoms with Crippen molar-refractivity contribution < 1.29 is 9.13 Å². The number of rotatable bonds is 4. The van der Waals surface area contributed by atoms with Crippen LogP contribution < -0.4 is 10.1 Å². The van der Waals surface area contributed by atoms with Gasteiger partial charge in [0.1, 0.15) is 17.4 Å². The molecule has 1 aromatic carbocycles. The second-order valence-corrected chi connectivity index (χ2v) is 5.15. The molecule has 7 heteroatoms. The first-order valence-electron chi connectivity index (χ1n) is 6.38. The van der Waals surface area contributed by atoms with E-state index < -0.39 is 0 Å². The standard InChI is InChI=1S/C14H12BrFN4O/c1-2-17-12-8-20-6-5-18-13(20)14(19-12)21-9-3-4-11(16)10(15)7-9/h3-8,17H,2H2,1H3. The SMILES string of the molecule is CCNc1cn2ccnc2c(Oc2ccc(F)c(Br)c2)n1. The molecule has 0 saturated heterocycles. The van der Waals surface area contributed by atoms with Crippen molar-refractivity contribution in [3.8, 4) is 11.6 Å². The Bertz CT molecular complexity index is 790. The van der Waals surface area contributed by atoms with E-state index in [0.717, 1.165) is 6.54 Å². The summed E-state index contributed by atoms with van der Waals surface area (Å²) < 4.78 is 21.2. The molecule has 2 aromatic heterocycles. The highest BCUT2D eigenvalue weighted by Crippen LogP contribution is 2.28. The number of imidazole rings is 1. The molecule has 21 heavy (non-hydrogen) atoms. The number of ether oxygens (including phenoxy) is 1. The highest BCUT2D eigenvalue weighted by atomic mass is 79.9. The first-order chi connectivity index (χ1) is 10.2. The molecule has 0 fully saturated rings. The maximum atomic E-state index is 13.3. The van der Waals surface area contributed by atoms with Crippen LogP contribution in [0.4, 0.5) is 10.2 Å². The zero-order valence-electron chi connectivity index (χ0n) is 11.2. The maximum absolute atomic E-state index is 13.3. The minimum atomic E-state index is -0.345. The van der Waals surface area contributed by atoms with Gasteiger partial charge in [0, 0.05) is 18.9 Å². The average molecular weight is 351 g/mol. The van der Waals surface area contributed by atoms with Crippen molar-refractivity contribution in [1.29, 1.82) is 0 Å². The number of hydrogen-bond donors (Lipinski definition) is 1. The Kier molecular flexibility index (Phi) is 3.74. The molecule has 0 aliphatic carbocycles. The summed E-state index contributed by atoms with van der Waals surface area (Å²) in [5.41, 5.74) is 0.595. The monoisotopic (exact) mass is 350 g/mol. The van der Waals surface area contributed by atoms with Crippen LogP contribution in [0.2, 0.25) is 0 Å². The van der Waals surface area contributed by atoms with E-state index in [1.165, 1.54) is 6.07 Å². The number of nitrogens with zero attached hydrogens (tertiary/aromatic N) is 3. The van der Waals surface area contributed by atoms with Crippen molar-refractivity contribution >= 4 is 27.4 Å². The van der Waals surface area contributed by atoms with Gasteiger partial charge in [0.25, 0.3) is 5.88 Å². The van der Waals surface area contributed by atoms with Crippen LogP contribution in [0.5, 0.6) is 11.6 Å². The van der Waals surface area contributed by atoms with Gasteiger partial charge < -0.3 is 10.1 Å². The lowest BCUT2D eigenvalue weighted by Gasteiger charge is -2.09. The third-order valence-corrected chi connectivity index (χ3v) is 3.41. The molecule has 0 amide bonds. The third kappa shape index (κ3) is 2.82. The first kappa shape index (κ1) is 13.8. The van der Waals surface area contributed by atoms with E-state index in [4.69, 9.17) is 4.74 Å². The molecule has 0 radical (unpaired) electrons. The molecule has 5 nitrogen and oxygen atoms in total. The van der Waals surface area contributed by atoms with Crippen LogP contribution in [0.1, 0.15) is 6.92 Å². The Morgan fingerprint density at radius 3 is 3.05 bits per heavy atom. The van der Waals surface area contributed by atoms with Crippen LogP contribution in [-0.2, 0) is 0 Å². The van der Waals surface area contributed by atoms with E-state index in [0.29, 0.717) is 27.6 Å². The van der Waals surface area contributed by atoms with Gasteiger partial charge in [-0.2, -0.15) is 4.98 Å². The summed E-state index contributed by atoms with van der Waals surface area (Å²) in [6.45, 7) is 2.73. The van der Waals surface area contributed by atoms with Gasteiger partial charge >= 0.3 is 0 Å². The molecule has 0 aliphatic rings. The van der Waals surface area contributed by atoms with Crippen molar-refractivity contribution in [1.82, 2.24) is 14.4 Å². The van der Waals surface area contributed by atoms with Gasteiger partial charge in [-0.25, -0.2) is 9.37 Å². The Labute approximate surface area is 128 Å². The van der Waals surface area contributed by atoms with Crippen molar-refractivity contribution in [2.75, 3.05) is 11.9 Å². The van der Waals surface area contributed by atoms with Crippen LogP contribution in [-0.4, -0.2) is 20.9 Å². The molecule has 3 rings (SSSR count). The summed E-state index contributed by atoms with van der Waals surface area (Å²) in [6.07, 6.45) is 5.31. The van der Waals surface area contributed by atoms with Crippen molar-refractivity contribution in [2.45, 2.75) is 6.92 Å². The number of benzene rings is 1. The van der Waals surface area contributed by atoms with Gasteiger partial charge in [0.2, 0.25) is 5.65 Å². The number of anilines is 1. The summed E-state index contributed by atoms with van der Waals surface area (Å²) in [4.78, 5) is 8.60. The molecule has 108 valence electrons. The lowest BCUT2D eigenvalue weighted by atomic mass is 10.3. The minimum Gasteiger partial charge on any atom is -0.436 e. The lowest BCUT2D eigenvalue weighted by Crippen LogP contribution is -2.03. The van der Waals surface area contributed by atoms with Crippen LogP contribution in [0.3, 0.4) is 0 Å². The van der Waals surface area contributed by atoms with E-state index >= 15 is 0 Å². The zero-order valence-corrected chi connectivity index (χ0v) is 12.8. The van der Waals surface area contributed by atoms with Gasteiger partial charge in [-0.05, 0) is 41.1 Å². The quantitative estimate of drug-likeness (QED) is 0.776. The van der Waals surface area contributed by atoms with Gasteiger partial charge in [-0.3, -0.25) is 4.40 Å². The van der Waals surface area contributed by atoms with Crippen LogP contribution >= 0.6 is 15.9 Å². The second kappa shape index (κ2) is 5.69. The van der Waals surface area contributed by atoms with Crippen LogP contribution in [0.15, 0.2) is 41.3 Å². The molecular weight excluding hydrogens is 339 g/mol. The van der Waals surface area contributed by atoms with Crippen molar-refractivity contribution in [3.63, 3.8) is 0 Å². The number of halogens is 2. The first-order valence-corrected chi connectivity index (χ1v) is 7.17. The summed E-state index contributed by atoms with van der Waals surface area (Å²) >= 11 is 3.13. The highest BCUT2D eigenvalue weighted by molar-refractivity contribution is 9.10. The Morgan fingerprint density at radius 1 is 1.43 bits per heavy atom. The second-order valence-electron chi connectivity index (χ2n) is 4.30. The van der Waals surface area contributed by atoms with Gasteiger partial charge in [0.15, 0.2) is 0 Å². The predicted octanol–water partition coefficient (Wildman–Crippen LogP) is 3.86. The molecule has 0 atom stereocenters. The Hall–Kier alpha value is -2.15. The van der Waals surface area contributed by atoms with Crippen molar-refractivity contribution in [3.05, 3.63) is 47.1 Å². The number of aromatic nitrogens is 3. The predicted molar refractivity (Wildman–Crippen MR) is 81.3 cm³/mol.